The molecule has 0 heterocycles. The average Bonchev–Trinajstić information content (AvgIpc) is 2.59. The Morgan fingerprint density at radius 2 is 1.78 bits per heavy atom. The predicted octanol–water partition coefficient (Wildman–Crippen LogP) is 5.44. The van der Waals surface area contributed by atoms with Crippen LogP contribution in [0.4, 0.5) is 0 Å². The molecule has 0 aliphatic carbocycles. The summed E-state index contributed by atoms with van der Waals surface area (Å²) in [6, 6.07) is 8.01. The molecule has 0 bridgehead atoms. The van der Waals surface area contributed by atoms with Crippen LogP contribution in [0.25, 0.3) is 0 Å². The van der Waals surface area contributed by atoms with Crippen LogP contribution in [0.5, 0.6) is 17.2 Å². The minimum absolute atomic E-state index is 0.117. The van der Waals surface area contributed by atoms with E-state index in [1.54, 1.807) is 30.3 Å². The minimum atomic E-state index is -1.12. The topological polar surface area (TPSA) is 88.4 Å². The molecule has 8 heteroatoms. The summed E-state index contributed by atoms with van der Waals surface area (Å²) in [5.74, 6) is -0.0689. The second-order valence-corrected chi connectivity index (χ2v) is 6.93. The lowest BCUT2D eigenvalue weighted by Gasteiger charge is -2.14. The standard InChI is InChI=1S/C19H19Cl2NO5/c1-10(2)14-8-13(4-5-17(14)23)26-18-15(20)6-12(7-16(18)21)9-22-27-11(3)19(24)25/h4-11,23H,1-3H3,(H,24,25)/b22-9+. The quantitative estimate of drug-likeness (QED) is 0.467. The van der Waals surface area contributed by atoms with Gasteiger partial charge in [-0.2, -0.15) is 0 Å². The summed E-state index contributed by atoms with van der Waals surface area (Å²) in [5, 5.41) is 22.7. The summed E-state index contributed by atoms with van der Waals surface area (Å²) in [6.07, 6.45) is 0.234. The van der Waals surface area contributed by atoms with Crippen molar-refractivity contribution in [3.05, 3.63) is 51.5 Å². The third kappa shape index (κ3) is 5.52. The molecule has 2 aromatic rings. The third-order valence-electron chi connectivity index (χ3n) is 3.63. The number of rotatable bonds is 7. The van der Waals surface area contributed by atoms with Crippen LogP contribution < -0.4 is 4.74 Å². The van der Waals surface area contributed by atoms with Crippen LogP contribution in [0.2, 0.25) is 10.0 Å². The number of hydrogen-bond acceptors (Lipinski definition) is 5. The molecule has 1 atom stereocenters. The van der Waals surface area contributed by atoms with Crippen molar-refractivity contribution in [3.63, 3.8) is 0 Å². The normalized spacial score (nSPS) is 12.4. The minimum Gasteiger partial charge on any atom is -0.508 e. The molecule has 6 nitrogen and oxygen atoms in total. The Kier molecular flexibility index (Phi) is 6.93. The maximum absolute atomic E-state index is 10.7. The first-order chi connectivity index (χ1) is 12.7. The highest BCUT2D eigenvalue weighted by Gasteiger charge is 2.14. The molecule has 2 aromatic carbocycles. The number of carboxylic acid groups (broad SMARTS) is 1. The molecule has 0 aliphatic rings. The fourth-order valence-corrected chi connectivity index (χ4v) is 2.74. The van der Waals surface area contributed by atoms with Crippen molar-refractivity contribution in [2.75, 3.05) is 0 Å². The second-order valence-electron chi connectivity index (χ2n) is 6.11. The number of benzene rings is 2. The number of carboxylic acids is 1. The molecule has 0 aromatic heterocycles. The summed E-state index contributed by atoms with van der Waals surface area (Å²) in [4.78, 5) is 15.5. The van der Waals surface area contributed by atoms with Crippen LogP contribution in [0.15, 0.2) is 35.5 Å². The average molecular weight is 412 g/mol. The van der Waals surface area contributed by atoms with E-state index in [9.17, 15) is 9.90 Å². The van der Waals surface area contributed by atoms with Crippen molar-refractivity contribution in [2.24, 2.45) is 5.16 Å². The van der Waals surface area contributed by atoms with Crippen molar-refractivity contribution < 1.29 is 24.6 Å². The highest BCUT2D eigenvalue weighted by Crippen LogP contribution is 2.39. The van der Waals surface area contributed by atoms with Crippen LogP contribution in [0, 0.1) is 0 Å². The van der Waals surface area contributed by atoms with Gasteiger partial charge in [0.2, 0.25) is 6.10 Å². The van der Waals surface area contributed by atoms with E-state index in [4.69, 9.17) is 37.9 Å². The van der Waals surface area contributed by atoms with Crippen LogP contribution in [0.1, 0.15) is 37.8 Å². The number of carbonyl (C=O) groups is 1. The zero-order valence-electron chi connectivity index (χ0n) is 14.9. The Hall–Kier alpha value is -2.44. The molecule has 0 fully saturated rings. The highest BCUT2D eigenvalue weighted by atomic mass is 35.5. The van der Waals surface area contributed by atoms with Crippen LogP contribution in [-0.4, -0.2) is 28.5 Å². The van der Waals surface area contributed by atoms with Crippen molar-refractivity contribution >= 4 is 35.4 Å². The highest BCUT2D eigenvalue weighted by molar-refractivity contribution is 6.37. The lowest BCUT2D eigenvalue weighted by molar-refractivity contribution is -0.149. The molecule has 0 aliphatic heterocycles. The van der Waals surface area contributed by atoms with Crippen LogP contribution in [0.3, 0.4) is 0 Å². The van der Waals surface area contributed by atoms with Crippen molar-refractivity contribution in [1.82, 2.24) is 0 Å². The number of aliphatic carboxylic acids is 1. The van der Waals surface area contributed by atoms with E-state index in [0.717, 1.165) is 5.56 Å². The number of ether oxygens (including phenoxy) is 1. The summed E-state index contributed by atoms with van der Waals surface area (Å²) in [7, 11) is 0. The molecule has 0 saturated heterocycles. The van der Waals surface area contributed by atoms with Crippen molar-refractivity contribution in [3.8, 4) is 17.2 Å². The number of nitrogens with zero attached hydrogens (tertiary/aromatic N) is 1. The molecule has 0 radical (unpaired) electrons. The number of halogens is 2. The van der Waals surface area contributed by atoms with Gasteiger partial charge in [-0.1, -0.05) is 42.2 Å². The Balaban J connectivity index is 2.21. The maximum Gasteiger partial charge on any atom is 0.347 e. The van der Waals surface area contributed by atoms with E-state index in [0.29, 0.717) is 11.3 Å². The fourth-order valence-electron chi connectivity index (χ4n) is 2.16. The Bertz CT molecular complexity index is 844. The van der Waals surface area contributed by atoms with E-state index in [1.165, 1.54) is 13.1 Å². The maximum atomic E-state index is 10.7. The molecule has 0 spiro atoms. The molecule has 0 saturated carbocycles. The second kappa shape index (κ2) is 8.97. The Morgan fingerprint density at radius 1 is 1.15 bits per heavy atom. The molecular formula is C19H19Cl2NO5. The molecule has 144 valence electrons. The molecular weight excluding hydrogens is 393 g/mol. The predicted molar refractivity (Wildman–Crippen MR) is 105 cm³/mol. The number of aromatic hydroxyl groups is 1. The first-order valence-electron chi connectivity index (χ1n) is 8.10. The zero-order chi connectivity index (χ0) is 20.1. The van der Waals surface area contributed by atoms with E-state index in [-0.39, 0.29) is 27.5 Å². The van der Waals surface area contributed by atoms with Gasteiger partial charge in [0.1, 0.15) is 11.5 Å². The van der Waals surface area contributed by atoms with Crippen molar-refractivity contribution in [1.29, 1.82) is 0 Å². The zero-order valence-corrected chi connectivity index (χ0v) is 16.5. The molecule has 1 unspecified atom stereocenters. The van der Waals surface area contributed by atoms with E-state index in [1.807, 2.05) is 13.8 Å². The molecule has 2 rings (SSSR count). The van der Waals surface area contributed by atoms with Gasteiger partial charge in [-0.3, -0.25) is 0 Å². The van der Waals surface area contributed by atoms with Crippen LogP contribution in [-0.2, 0) is 9.63 Å². The van der Waals surface area contributed by atoms with Gasteiger partial charge in [0.15, 0.2) is 5.75 Å². The van der Waals surface area contributed by atoms with E-state index >= 15 is 0 Å². The largest absolute Gasteiger partial charge is 0.508 e. The smallest absolute Gasteiger partial charge is 0.347 e. The number of phenols is 1. The van der Waals surface area contributed by atoms with Gasteiger partial charge >= 0.3 is 5.97 Å². The van der Waals surface area contributed by atoms with Gasteiger partial charge in [-0.25, -0.2) is 4.79 Å². The van der Waals surface area contributed by atoms with Gasteiger partial charge in [-0.15, -0.1) is 0 Å². The molecule has 27 heavy (non-hydrogen) atoms. The monoisotopic (exact) mass is 411 g/mol. The third-order valence-corrected chi connectivity index (χ3v) is 4.19. The first-order valence-corrected chi connectivity index (χ1v) is 8.86. The molecule has 0 amide bonds. The van der Waals surface area contributed by atoms with E-state index in [2.05, 4.69) is 5.16 Å². The van der Waals surface area contributed by atoms with Crippen LogP contribution >= 0.6 is 23.2 Å². The Labute approximate surface area is 166 Å². The summed E-state index contributed by atoms with van der Waals surface area (Å²) >= 11 is 12.5. The van der Waals surface area contributed by atoms with Gasteiger partial charge < -0.3 is 19.8 Å². The van der Waals surface area contributed by atoms with Gasteiger partial charge in [-0.05, 0) is 48.7 Å². The summed E-state index contributed by atoms with van der Waals surface area (Å²) in [6.45, 7) is 5.28. The summed E-state index contributed by atoms with van der Waals surface area (Å²) < 4.78 is 5.79. The SMILES string of the molecule is CC(O/N=C/c1cc(Cl)c(Oc2ccc(O)c(C(C)C)c2)c(Cl)c1)C(=O)O. The number of phenolic OH excluding ortho intramolecular Hbond substituents is 1. The first kappa shape index (κ1) is 20.9. The van der Waals surface area contributed by atoms with Gasteiger partial charge in [0, 0.05) is 5.56 Å². The Morgan fingerprint density at radius 3 is 2.33 bits per heavy atom. The van der Waals surface area contributed by atoms with E-state index < -0.39 is 12.1 Å². The van der Waals surface area contributed by atoms with Gasteiger partial charge in [0.25, 0.3) is 0 Å². The lowest BCUT2D eigenvalue weighted by atomic mass is 10.0. The fraction of sp³-hybridized carbons (Fsp3) is 0.263. The number of oxime groups is 1. The van der Waals surface area contributed by atoms with Crippen molar-refractivity contribution in [2.45, 2.75) is 32.8 Å². The van der Waals surface area contributed by atoms with Gasteiger partial charge in [0.05, 0.1) is 16.3 Å². The number of hydrogen-bond donors (Lipinski definition) is 2. The lowest BCUT2D eigenvalue weighted by Crippen LogP contribution is -2.17. The summed E-state index contributed by atoms with van der Waals surface area (Å²) in [5.41, 5.74) is 1.26. The molecule has 2 N–H and O–H groups in total.